The summed E-state index contributed by atoms with van der Waals surface area (Å²) in [7, 11) is 0. The molecule has 2 nitrogen and oxygen atoms in total. The quantitative estimate of drug-likeness (QED) is 0.159. The molecule has 2 heteroatoms. The molecule has 0 bridgehead atoms. The first kappa shape index (κ1) is 40.1. The van der Waals surface area contributed by atoms with Crippen LogP contribution in [-0.4, -0.2) is 0 Å². The Morgan fingerprint density at radius 1 is 0.279 bits per heavy atom. The van der Waals surface area contributed by atoms with Crippen LogP contribution in [0.1, 0.15) is 49.9 Å². The highest BCUT2D eigenvalue weighted by molar-refractivity contribution is 6.06. The van der Waals surface area contributed by atoms with Crippen molar-refractivity contribution < 1.29 is 4.42 Å². The zero-order valence-corrected chi connectivity index (χ0v) is 38.7. The maximum atomic E-state index is 6.33. The number of hydrogen-bond acceptors (Lipinski definition) is 2. The molecule has 13 rings (SSSR count). The lowest BCUT2D eigenvalue weighted by Crippen LogP contribution is -2.18. The topological polar surface area (TPSA) is 16.4 Å². The number of rotatable bonds is 7. The second-order valence-electron chi connectivity index (χ2n) is 19.7. The monoisotopic (exact) mass is 871 g/mol. The van der Waals surface area contributed by atoms with Gasteiger partial charge in [-0.3, -0.25) is 0 Å². The van der Waals surface area contributed by atoms with E-state index < -0.39 is 0 Å². The smallest absolute Gasteiger partial charge is 0.136 e. The van der Waals surface area contributed by atoms with E-state index >= 15 is 0 Å². The van der Waals surface area contributed by atoms with E-state index in [9.17, 15) is 0 Å². The molecule has 0 radical (unpaired) electrons. The summed E-state index contributed by atoms with van der Waals surface area (Å²) in [5.74, 6) is 0. The van der Waals surface area contributed by atoms with Crippen LogP contribution in [-0.2, 0) is 10.8 Å². The van der Waals surface area contributed by atoms with Crippen LogP contribution in [0, 0.1) is 0 Å². The number of anilines is 3. The van der Waals surface area contributed by atoms with Crippen molar-refractivity contribution in [2.45, 2.75) is 38.5 Å². The summed E-state index contributed by atoms with van der Waals surface area (Å²) in [6.45, 7) is 9.54. The van der Waals surface area contributed by atoms with Gasteiger partial charge in [0.05, 0.1) is 0 Å². The van der Waals surface area contributed by atoms with Crippen molar-refractivity contribution in [2.75, 3.05) is 4.90 Å². The molecular formula is C66H49NO. The number of benzene rings is 10. The molecule has 0 unspecified atom stereocenters. The van der Waals surface area contributed by atoms with E-state index in [1.807, 2.05) is 12.1 Å². The molecule has 0 aliphatic heterocycles. The summed E-state index contributed by atoms with van der Waals surface area (Å²) in [6.07, 6.45) is 0. The fourth-order valence-corrected chi connectivity index (χ4v) is 11.4. The Bertz CT molecular complexity index is 3780. The molecule has 0 saturated heterocycles. The van der Waals surface area contributed by atoms with Crippen LogP contribution in [0.15, 0.2) is 229 Å². The first-order valence-corrected chi connectivity index (χ1v) is 23.8. The Morgan fingerprint density at radius 3 is 1.24 bits per heavy atom. The number of fused-ring (bicyclic) bond motifs is 9. The Balaban J connectivity index is 0.903. The van der Waals surface area contributed by atoms with Crippen LogP contribution >= 0.6 is 0 Å². The van der Waals surface area contributed by atoms with Crippen LogP contribution in [0.4, 0.5) is 17.1 Å². The molecule has 0 N–H and O–H groups in total. The highest BCUT2D eigenvalue weighted by Gasteiger charge is 2.38. The number of hydrogen-bond donors (Lipinski definition) is 0. The van der Waals surface area contributed by atoms with Gasteiger partial charge in [-0.05, 0) is 162 Å². The third-order valence-electron chi connectivity index (χ3n) is 15.1. The normalized spacial score (nSPS) is 13.8. The van der Waals surface area contributed by atoms with E-state index in [-0.39, 0.29) is 10.8 Å². The minimum Gasteiger partial charge on any atom is -0.456 e. The largest absolute Gasteiger partial charge is 0.456 e. The molecule has 11 aromatic rings. The van der Waals surface area contributed by atoms with Gasteiger partial charge in [0.2, 0.25) is 0 Å². The Labute approximate surface area is 398 Å². The van der Waals surface area contributed by atoms with E-state index in [0.717, 1.165) is 44.6 Å². The van der Waals surface area contributed by atoms with Gasteiger partial charge in [0, 0.05) is 38.7 Å². The first-order chi connectivity index (χ1) is 33.2. The molecule has 1 heterocycles. The predicted octanol–water partition coefficient (Wildman–Crippen LogP) is 18.3. The van der Waals surface area contributed by atoms with Gasteiger partial charge in [-0.1, -0.05) is 179 Å². The van der Waals surface area contributed by atoms with Gasteiger partial charge in [0.25, 0.3) is 0 Å². The molecule has 0 amide bonds. The highest BCUT2D eigenvalue weighted by Crippen LogP contribution is 2.54. The maximum absolute atomic E-state index is 6.33. The third kappa shape index (κ3) is 6.32. The molecule has 0 atom stereocenters. The average Bonchev–Trinajstić information content (AvgIpc) is 3.95. The van der Waals surface area contributed by atoms with Crippen molar-refractivity contribution in [3.8, 4) is 66.8 Å². The minimum atomic E-state index is -0.239. The van der Waals surface area contributed by atoms with Crippen LogP contribution < -0.4 is 4.90 Å². The van der Waals surface area contributed by atoms with Crippen molar-refractivity contribution in [2.24, 2.45) is 0 Å². The van der Waals surface area contributed by atoms with Gasteiger partial charge in [0.15, 0.2) is 0 Å². The lowest BCUT2D eigenvalue weighted by atomic mass is 9.81. The van der Waals surface area contributed by atoms with Crippen LogP contribution in [0.2, 0.25) is 0 Å². The second kappa shape index (κ2) is 15.2. The number of para-hydroxylation sites is 1. The zero-order valence-electron chi connectivity index (χ0n) is 38.7. The number of nitrogens with zero attached hydrogens (tertiary/aromatic N) is 1. The molecule has 68 heavy (non-hydrogen) atoms. The molecule has 0 saturated carbocycles. The second-order valence-corrected chi connectivity index (χ2v) is 19.7. The van der Waals surface area contributed by atoms with E-state index in [0.29, 0.717) is 0 Å². The fraction of sp³-hybridized carbons (Fsp3) is 0.0909. The van der Waals surface area contributed by atoms with Gasteiger partial charge in [-0.25, -0.2) is 0 Å². The van der Waals surface area contributed by atoms with Gasteiger partial charge in [0.1, 0.15) is 11.2 Å². The summed E-state index contributed by atoms with van der Waals surface area (Å²) >= 11 is 0. The minimum absolute atomic E-state index is 0.195. The van der Waals surface area contributed by atoms with Crippen molar-refractivity contribution >= 4 is 39.0 Å². The Hall–Kier alpha value is -8.20. The van der Waals surface area contributed by atoms with E-state index in [1.165, 1.54) is 83.5 Å². The van der Waals surface area contributed by atoms with Crippen LogP contribution in [0.3, 0.4) is 0 Å². The van der Waals surface area contributed by atoms with E-state index in [4.69, 9.17) is 4.42 Å². The molecule has 0 fully saturated rings. The van der Waals surface area contributed by atoms with E-state index in [2.05, 4.69) is 245 Å². The summed E-state index contributed by atoms with van der Waals surface area (Å²) in [4.78, 5) is 2.46. The predicted molar refractivity (Wildman–Crippen MR) is 285 cm³/mol. The summed E-state index contributed by atoms with van der Waals surface area (Å²) in [5.41, 5.74) is 25.1. The lowest BCUT2D eigenvalue weighted by Gasteiger charge is -2.30. The fourth-order valence-electron chi connectivity index (χ4n) is 11.4. The van der Waals surface area contributed by atoms with Gasteiger partial charge >= 0.3 is 0 Å². The standard InChI is InChI=1S/C66H49NO/c1-65(2)59-37-47(43-16-9-6-10-17-43)24-31-53(59)55-34-29-51(40-61(55)65)67(50-27-22-44(23-28-50)46-19-13-18-45(36-46)42-14-7-5-8-15-42)52-30-35-56-54-32-25-48(38-60(54)66(3,4)62(56)41-52)49-26-33-58-57-20-11-12-21-63(57)68-64(58)39-49/h5-41H,1-4H3. The number of furan rings is 1. The molecule has 10 aromatic carbocycles. The van der Waals surface area contributed by atoms with Crippen LogP contribution in [0.5, 0.6) is 0 Å². The Morgan fingerprint density at radius 2 is 0.662 bits per heavy atom. The van der Waals surface area contributed by atoms with Crippen molar-refractivity contribution in [3.05, 3.63) is 247 Å². The summed E-state index contributed by atoms with van der Waals surface area (Å²) in [5, 5.41) is 2.30. The van der Waals surface area contributed by atoms with Crippen molar-refractivity contribution in [1.29, 1.82) is 0 Å². The van der Waals surface area contributed by atoms with E-state index in [1.54, 1.807) is 0 Å². The van der Waals surface area contributed by atoms with Gasteiger partial charge < -0.3 is 9.32 Å². The third-order valence-corrected chi connectivity index (χ3v) is 15.1. The Kier molecular flexibility index (Phi) is 8.95. The average molecular weight is 872 g/mol. The molecule has 2 aliphatic carbocycles. The molecular weight excluding hydrogens is 823 g/mol. The first-order valence-electron chi connectivity index (χ1n) is 23.8. The summed E-state index contributed by atoms with van der Waals surface area (Å²) in [6, 6.07) is 82.6. The lowest BCUT2D eigenvalue weighted by molar-refractivity contribution is 0.660. The SMILES string of the molecule is CC1(C)c2cc(-c3ccccc3)ccc2-c2ccc(N(c3ccc(-c4cccc(-c5ccccc5)c4)cc3)c3ccc4c(c3)C(C)(C)c3cc(-c5ccc6c(c5)oc5ccccc56)ccc3-4)cc21. The van der Waals surface area contributed by atoms with Crippen LogP contribution in [0.25, 0.3) is 88.7 Å². The molecule has 1 aromatic heterocycles. The van der Waals surface area contributed by atoms with Crippen molar-refractivity contribution in [1.82, 2.24) is 0 Å². The molecule has 324 valence electrons. The molecule has 2 aliphatic rings. The van der Waals surface area contributed by atoms with Gasteiger partial charge in [-0.2, -0.15) is 0 Å². The molecule has 0 spiro atoms. The highest BCUT2D eigenvalue weighted by atomic mass is 16.3. The van der Waals surface area contributed by atoms with Gasteiger partial charge in [-0.15, -0.1) is 0 Å². The van der Waals surface area contributed by atoms with Crippen molar-refractivity contribution in [3.63, 3.8) is 0 Å². The zero-order chi connectivity index (χ0) is 45.7. The maximum Gasteiger partial charge on any atom is 0.136 e. The summed E-state index contributed by atoms with van der Waals surface area (Å²) < 4.78 is 6.33.